The van der Waals surface area contributed by atoms with Gasteiger partial charge in [-0.25, -0.2) is 14.6 Å². The van der Waals surface area contributed by atoms with Crippen molar-refractivity contribution < 1.29 is 9.37 Å². The number of aromatic nitrogens is 4. The number of methoxy groups -OCH3 is 1. The molecule has 4 rings (SSSR count). The molecular formula is C16H24N6O2. The van der Waals surface area contributed by atoms with E-state index in [1.54, 1.807) is 7.11 Å². The summed E-state index contributed by atoms with van der Waals surface area (Å²) in [5.41, 5.74) is 0.960. The van der Waals surface area contributed by atoms with Gasteiger partial charge in [0.05, 0.1) is 6.10 Å². The Kier molecular flexibility index (Phi) is 4.46. The fourth-order valence-electron chi connectivity index (χ4n) is 3.65. The van der Waals surface area contributed by atoms with Crippen LogP contribution in [0.25, 0.3) is 11.3 Å². The summed E-state index contributed by atoms with van der Waals surface area (Å²) in [6.07, 6.45) is 7.37. The Hall–Kier alpha value is -1.96. The van der Waals surface area contributed by atoms with Crippen LogP contribution < -0.4 is 9.80 Å². The molecule has 8 nitrogen and oxygen atoms in total. The minimum absolute atomic E-state index is 0.240. The number of hydrogen-bond acceptors (Lipinski definition) is 8. The van der Waals surface area contributed by atoms with Crippen LogP contribution in [0.1, 0.15) is 38.5 Å². The van der Waals surface area contributed by atoms with Gasteiger partial charge in [-0.2, -0.15) is 0 Å². The first-order valence-corrected chi connectivity index (χ1v) is 8.88. The predicted molar refractivity (Wildman–Crippen MR) is 90.3 cm³/mol. The molecule has 2 fully saturated rings. The molecule has 0 N–H and O–H groups in total. The summed E-state index contributed by atoms with van der Waals surface area (Å²) in [5, 5.41) is 7.77. The Labute approximate surface area is 141 Å². The van der Waals surface area contributed by atoms with E-state index in [0.717, 1.165) is 50.7 Å². The van der Waals surface area contributed by atoms with Gasteiger partial charge >= 0.3 is 0 Å². The Morgan fingerprint density at radius 1 is 0.875 bits per heavy atom. The van der Waals surface area contributed by atoms with Crippen LogP contribution in [0, 0.1) is 0 Å². The minimum Gasteiger partial charge on any atom is -0.380 e. The molecule has 2 aliphatic heterocycles. The van der Waals surface area contributed by atoms with E-state index in [-0.39, 0.29) is 6.10 Å². The molecule has 2 aromatic rings. The quantitative estimate of drug-likeness (QED) is 0.844. The first kappa shape index (κ1) is 15.6. The zero-order chi connectivity index (χ0) is 16.4. The minimum atomic E-state index is 0.240. The molecule has 0 radical (unpaired) electrons. The highest BCUT2D eigenvalue weighted by atomic mass is 16.6. The van der Waals surface area contributed by atoms with Crippen molar-refractivity contribution in [2.24, 2.45) is 0 Å². The molecular weight excluding hydrogens is 308 g/mol. The van der Waals surface area contributed by atoms with Gasteiger partial charge in [-0.1, -0.05) is 12.8 Å². The molecule has 0 saturated carbocycles. The smallest absolute Gasteiger partial charge is 0.245 e. The van der Waals surface area contributed by atoms with Gasteiger partial charge < -0.3 is 14.5 Å². The van der Waals surface area contributed by atoms with E-state index in [2.05, 4.69) is 20.1 Å². The maximum absolute atomic E-state index is 5.57. The lowest BCUT2D eigenvalue weighted by Gasteiger charge is -2.35. The van der Waals surface area contributed by atoms with Crippen molar-refractivity contribution in [3.8, 4) is 0 Å². The molecule has 1 unspecified atom stereocenters. The van der Waals surface area contributed by atoms with Crippen LogP contribution in [0.15, 0.2) is 4.63 Å². The second kappa shape index (κ2) is 6.88. The summed E-state index contributed by atoms with van der Waals surface area (Å²) in [4.78, 5) is 14.1. The van der Waals surface area contributed by atoms with Crippen LogP contribution in [0.5, 0.6) is 0 Å². The topological polar surface area (TPSA) is 80.4 Å². The lowest BCUT2D eigenvalue weighted by molar-refractivity contribution is 0.0891. The maximum atomic E-state index is 5.57. The fourth-order valence-corrected chi connectivity index (χ4v) is 3.65. The normalized spacial score (nSPS) is 22.8. The van der Waals surface area contributed by atoms with Crippen LogP contribution in [0.4, 0.5) is 11.6 Å². The lowest BCUT2D eigenvalue weighted by Crippen LogP contribution is -2.41. The molecule has 0 aromatic carbocycles. The number of hydrogen-bond donors (Lipinski definition) is 0. The van der Waals surface area contributed by atoms with Gasteiger partial charge in [-0.05, 0) is 36.0 Å². The number of fused-ring (bicyclic) bond motifs is 1. The van der Waals surface area contributed by atoms with E-state index in [9.17, 15) is 0 Å². The second-order valence-corrected chi connectivity index (χ2v) is 6.63. The first-order chi connectivity index (χ1) is 11.8. The third-order valence-electron chi connectivity index (χ3n) is 4.99. The van der Waals surface area contributed by atoms with E-state index in [0.29, 0.717) is 11.3 Å². The molecule has 1 atom stereocenters. The molecule has 0 spiro atoms. The Bertz CT molecular complexity index is 682. The van der Waals surface area contributed by atoms with Crippen molar-refractivity contribution in [1.82, 2.24) is 20.3 Å². The molecule has 0 amide bonds. The van der Waals surface area contributed by atoms with Crippen LogP contribution in [0.3, 0.4) is 0 Å². The summed E-state index contributed by atoms with van der Waals surface area (Å²) in [5.74, 6) is 1.80. The highest BCUT2D eigenvalue weighted by Gasteiger charge is 2.27. The Morgan fingerprint density at radius 2 is 1.50 bits per heavy atom. The van der Waals surface area contributed by atoms with Crippen LogP contribution in [-0.4, -0.2) is 59.7 Å². The van der Waals surface area contributed by atoms with Crippen molar-refractivity contribution in [3.63, 3.8) is 0 Å². The third kappa shape index (κ3) is 3.02. The van der Waals surface area contributed by atoms with E-state index in [1.807, 2.05) is 0 Å². The predicted octanol–water partition coefficient (Wildman–Crippen LogP) is 2.01. The zero-order valence-electron chi connectivity index (χ0n) is 14.1. The van der Waals surface area contributed by atoms with Gasteiger partial charge in [0.1, 0.15) is 0 Å². The molecule has 130 valence electrons. The van der Waals surface area contributed by atoms with E-state index in [1.165, 1.54) is 25.7 Å². The van der Waals surface area contributed by atoms with Gasteiger partial charge in [-0.15, -0.1) is 0 Å². The molecule has 2 saturated heterocycles. The highest BCUT2D eigenvalue weighted by Crippen LogP contribution is 2.31. The molecule has 2 aliphatic rings. The van der Waals surface area contributed by atoms with Crippen molar-refractivity contribution in [2.75, 3.05) is 43.1 Å². The fraction of sp³-hybridized carbons (Fsp3) is 0.750. The Balaban J connectivity index is 1.72. The third-order valence-corrected chi connectivity index (χ3v) is 4.99. The van der Waals surface area contributed by atoms with Crippen molar-refractivity contribution in [2.45, 2.75) is 44.6 Å². The summed E-state index contributed by atoms with van der Waals surface area (Å²) in [7, 11) is 1.78. The van der Waals surface area contributed by atoms with E-state index >= 15 is 0 Å². The molecule has 0 bridgehead atoms. The SMILES string of the molecule is COC1CCCN(c2nc3nonc3nc2N2CCCCCC2)C1. The van der Waals surface area contributed by atoms with Gasteiger partial charge in [0, 0.05) is 33.3 Å². The molecule has 8 heteroatoms. The van der Waals surface area contributed by atoms with Gasteiger partial charge in [0.25, 0.3) is 0 Å². The number of nitrogens with zero attached hydrogens (tertiary/aromatic N) is 6. The zero-order valence-corrected chi connectivity index (χ0v) is 14.1. The summed E-state index contributed by atoms with van der Waals surface area (Å²) in [6.45, 7) is 3.83. The van der Waals surface area contributed by atoms with Crippen LogP contribution >= 0.6 is 0 Å². The number of piperidine rings is 1. The van der Waals surface area contributed by atoms with E-state index < -0.39 is 0 Å². The van der Waals surface area contributed by atoms with Crippen molar-refractivity contribution in [3.05, 3.63) is 0 Å². The standard InChI is InChI=1S/C16H24N6O2/c1-23-12-7-6-10-22(11-12)16-15(21-8-4-2-3-5-9-21)17-13-14(18-16)20-24-19-13/h12H,2-11H2,1H3. The largest absolute Gasteiger partial charge is 0.380 e. The lowest BCUT2D eigenvalue weighted by atomic mass is 10.1. The number of rotatable bonds is 3. The number of ether oxygens (including phenoxy) is 1. The molecule has 24 heavy (non-hydrogen) atoms. The molecule has 2 aromatic heterocycles. The van der Waals surface area contributed by atoms with Crippen LogP contribution in [-0.2, 0) is 4.74 Å². The van der Waals surface area contributed by atoms with Crippen molar-refractivity contribution >= 4 is 22.9 Å². The summed E-state index contributed by atoms with van der Waals surface area (Å²) in [6, 6.07) is 0. The second-order valence-electron chi connectivity index (χ2n) is 6.63. The molecule has 4 heterocycles. The first-order valence-electron chi connectivity index (χ1n) is 8.88. The Morgan fingerprint density at radius 3 is 2.17 bits per heavy atom. The van der Waals surface area contributed by atoms with E-state index in [4.69, 9.17) is 19.3 Å². The van der Waals surface area contributed by atoms with Gasteiger partial charge in [0.2, 0.25) is 11.3 Å². The summed E-state index contributed by atoms with van der Waals surface area (Å²) < 4.78 is 10.4. The average molecular weight is 332 g/mol. The monoisotopic (exact) mass is 332 g/mol. The van der Waals surface area contributed by atoms with Crippen LogP contribution in [0.2, 0.25) is 0 Å². The summed E-state index contributed by atoms with van der Waals surface area (Å²) >= 11 is 0. The maximum Gasteiger partial charge on any atom is 0.245 e. The van der Waals surface area contributed by atoms with Gasteiger partial charge in [0.15, 0.2) is 11.6 Å². The average Bonchev–Trinajstić information content (AvgIpc) is 2.92. The molecule has 0 aliphatic carbocycles. The number of anilines is 2. The highest BCUT2D eigenvalue weighted by molar-refractivity contribution is 5.74. The van der Waals surface area contributed by atoms with Crippen molar-refractivity contribution in [1.29, 1.82) is 0 Å². The van der Waals surface area contributed by atoms with Gasteiger partial charge in [-0.3, -0.25) is 0 Å².